The number of piperidine rings is 1. The Hall–Kier alpha value is -1.39. The summed E-state index contributed by atoms with van der Waals surface area (Å²) in [5, 5.41) is 0. The molecule has 0 N–H and O–H groups in total. The van der Waals surface area contributed by atoms with Gasteiger partial charge in [-0.05, 0) is 48.6 Å². The monoisotopic (exact) mass is 306 g/mol. The average Bonchev–Trinajstić information content (AvgIpc) is 2.94. The predicted molar refractivity (Wildman–Crippen MR) is 81.4 cm³/mol. The van der Waals surface area contributed by atoms with Gasteiger partial charge in [-0.1, -0.05) is 11.6 Å². The van der Waals surface area contributed by atoms with Gasteiger partial charge in [-0.3, -0.25) is 9.78 Å². The van der Waals surface area contributed by atoms with E-state index in [-0.39, 0.29) is 5.91 Å². The molecule has 5 heteroatoms. The van der Waals surface area contributed by atoms with Crippen LogP contribution in [0.4, 0.5) is 0 Å². The number of carbonyl (C=O) groups is 1. The van der Waals surface area contributed by atoms with Gasteiger partial charge in [0.25, 0.3) is 5.91 Å². The third-order valence-electron chi connectivity index (χ3n) is 3.74. The number of thiophene rings is 1. The molecule has 0 saturated carbocycles. The van der Waals surface area contributed by atoms with Crippen LogP contribution in [0.1, 0.15) is 34.0 Å². The van der Waals surface area contributed by atoms with Crippen molar-refractivity contribution < 1.29 is 4.79 Å². The number of pyridine rings is 1. The van der Waals surface area contributed by atoms with Crippen LogP contribution in [0.15, 0.2) is 36.7 Å². The van der Waals surface area contributed by atoms with Crippen LogP contribution in [0.25, 0.3) is 0 Å². The zero-order valence-corrected chi connectivity index (χ0v) is 12.5. The van der Waals surface area contributed by atoms with Crippen LogP contribution in [0.2, 0.25) is 4.34 Å². The van der Waals surface area contributed by atoms with Gasteiger partial charge >= 0.3 is 0 Å². The van der Waals surface area contributed by atoms with Gasteiger partial charge < -0.3 is 4.90 Å². The van der Waals surface area contributed by atoms with Crippen LogP contribution in [0.3, 0.4) is 0 Å². The fourth-order valence-electron chi connectivity index (χ4n) is 2.64. The van der Waals surface area contributed by atoms with E-state index in [0.717, 1.165) is 30.8 Å². The summed E-state index contributed by atoms with van der Waals surface area (Å²) >= 11 is 7.24. The molecular formula is C15H15ClN2OS. The molecule has 20 heavy (non-hydrogen) atoms. The molecule has 2 aromatic heterocycles. The maximum atomic E-state index is 12.3. The molecule has 0 spiro atoms. The molecule has 3 nitrogen and oxygen atoms in total. The van der Waals surface area contributed by atoms with E-state index in [1.807, 2.05) is 23.4 Å². The second-order valence-electron chi connectivity index (χ2n) is 4.95. The van der Waals surface area contributed by atoms with Gasteiger partial charge in [-0.15, -0.1) is 11.3 Å². The molecule has 104 valence electrons. The van der Waals surface area contributed by atoms with Gasteiger partial charge in [0.1, 0.15) is 0 Å². The maximum Gasteiger partial charge on any atom is 0.263 e. The minimum atomic E-state index is 0.107. The summed E-state index contributed by atoms with van der Waals surface area (Å²) in [6.45, 7) is 1.61. The molecule has 0 atom stereocenters. The first-order chi connectivity index (χ1) is 9.74. The molecule has 2 aromatic rings. The lowest BCUT2D eigenvalue weighted by atomic mass is 9.90. The van der Waals surface area contributed by atoms with Crippen molar-refractivity contribution in [3.8, 4) is 0 Å². The fourth-order valence-corrected chi connectivity index (χ4v) is 3.65. The Bertz CT molecular complexity index is 591. The average molecular weight is 307 g/mol. The highest BCUT2D eigenvalue weighted by atomic mass is 35.5. The summed E-state index contributed by atoms with van der Waals surface area (Å²) in [5.74, 6) is 0.643. The molecular weight excluding hydrogens is 292 g/mol. The summed E-state index contributed by atoms with van der Waals surface area (Å²) in [4.78, 5) is 19.0. The van der Waals surface area contributed by atoms with E-state index < -0.39 is 0 Å². The van der Waals surface area contributed by atoms with Crippen molar-refractivity contribution in [2.24, 2.45) is 0 Å². The van der Waals surface area contributed by atoms with Gasteiger partial charge in [0.05, 0.1) is 9.21 Å². The summed E-state index contributed by atoms with van der Waals surface area (Å²) in [7, 11) is 0. The SMILES string of the molecule is O=C(c1ccc(Cl)s1)N1CCC(c2ccncc2)CC1. The van der Waals surface area contributed by atoms with Crippen molar-refractivity contribution in [2.75, 3.05) is 13.1 Å². The van der Waals surface area contributed by atoms with Crippen LogP contribution in [-0.4, -0.2) is 28.9 Å². The van der Waals surface area contributed by atoms with Crippen molar-refractivity contribution in [3.63, 3.8) is 0 Å². The lowest BCUT2D eigenvalue weighted by Crippen LogP contribution is -2.37. The highest BCUT2D eigenvalue weighted by molar-refractivity contribution is 7.17. The Morgan fingerprint density at radius 1 is 1.20 bits per heavy atom. The van der Waals surface area contributed by atoms with Gasteiger partial charge in [0.15, 0.2) is 0 Å². The number of nitrogens with zero attached hydrogens (tertiary/aromatic N) is 2. The Morgan fingerprint density at radius 3 is 2.50 bits per heavy atom. The van der Waals surface area contributed by atoms with Crippen molar-refractivity contribution in [1.82, 2.24) is 9.88 Å². The Labute approximate surface area is 127 Å². The molecule has 1 amide bonds. The van der Waals surface area contributed by atoms with E-state index in [1.165, 1.54) is 16.9 Å². The molecule has 1 fully saturated rings. The number of aromatic nitrogens is 1. The molecule has 0 radical (unpaired) electrons. The minimum absolute atomic E-state index is 0.107. The Morgan fingerprint density at radius 2 is 1.90 bits per heavy atom. The van der Waals surface area contributed by atoms with Crippen molar-refractivity contribution >= 4 is 28.8 Å². The number of halogens is 1. The highest BCUT2D eigenvalue weighted by Gasteiger charge is 2.25. The second-order valence-corrected chi connectivity index (χ2v) is 6.67. The molecule has 1 saturated heterocycles. The number of rotatable bonds is 2. The molecule has 1 aliphatic rings. The zero-order chi connectivity index (χ0) is 13.9. The number of hydrogen-bond donors (Lipinski definition) is 0. The molecule has 0 aromatic carbocycles. The summed E-state index contributed by atoms with van der Waals surface area (Å²) in [6, 6.07) is 7.73. The van der Waals surface area contributed by atoms with Crippen molar-refractivity contribution in [3.05, 3.63) is 51.4 Å². The number of amides is 1. The smallest absolute Gasteiger partial charge is 0.263 e. The molecule has 0 bridgehead atoms. The van der Waals surface area contributed by atoms with E-state index in [0.29, 0.717) is 10.3 Å². The number of likely N-dealkylation sites (tertiary alicyclic amines) is 1. The van der Waals surface area contributed by atoms with Gasteiger partial charge in [0, 0.05) is 25.5 Å². The molecule has 0 unspecified atom stereocenters. The predicted octanol–water partition coefficient (Wildman–Crippen LogP) is 3.82. The van der Waals surface area contributed by atoms with E-state index >= 15 is 0 Å². The van der Waals surface area contributed by atoms with Crippen LogP contribution < -0.4 is 0 Å². The highest BCUT2D eigenvalue weighted by Crippen LogP contribution is 2.29. The van der Waals surface area contributed by atoms with Gasteiger partial charge in [-0.25, -0.2) is 0 Å². The largest absolute Gasteiger partial charge is 0.338 e. The van der Waals surface area contributed by atoms with E-state index in [2.05, 4.69) is 17.1 Å². The summed E-state index contributed by atoms with van der Waals surface area (Å²) in [5.41, 5.74) is 1.33. The third-order valence-corrected chi connectivity index (χ3v) is 4.96. The zero-order valence-electron chi connectivity index (χ0n) is 11.0. The van der Waals surface area contributed by atoms with Crippen LogP contribution in [0, 0.1) is 0 Å². The fraction of sp³-hybridized carbons (Fsp3) is 0.333. The molecule has 1 aliphatic heterocycles. The Balaban J connectivity index is 1.63. The van der Waals surface area contributed by atoms with Crippen LogP contribution in [-0.2, 0) is 0 Å². The number of carbonyl (C=O) groups excluding carboxylic acids is 1. The van der Waals surface area contributed by atoms with Gasteiger partial charge in [0.2, 0.25) is 0 Å². The van der Waals surface area contributed by atoms with Crippen molar-refractivity contribution in [1.29, 1.82) is 0 Å². The first-order valence-corrected chi connectivity index (χ1v) is 7.88. The molecule has 3 heterocycles. The van der Waals surface area contributed by atoms with Crippen LogP contribution in [0.5, 0.6) is 0 Å². The van der Waals surface area contributed by atoms with E-state index in [1.54, 1.807) is 6.07 Å². The normalized spacial score (nSPS) is 16.4. The summed E-state index contributed by atoms with van der Waals surface area (Å²) in [6.07, 6.45) is 5.69. The van der Waals surface area contributed by atoms with E-state index in [4.69, 9.17) is 11.6 Å². The lowest BCUT2D eigenvalue weighted by molar-refractivity contribution is 0.0718. The van der Waals surface area contributed by atoms with Crippen LogP contribution >= 0.6 is 22.9 Å². The van der Waals surface area contributed by atoms with Gasteiger partial charge in [-0.2, -0.15) is 0 Å². The lowest BCUT2D eigenvalue weighted by Gasteiger charge is -2.31. The minimum Gasteiger partial charge on any atom is -0.338 e. The second kappa shape index (κ2) is 5.94. The molecule has 0 aliphatic carbocycles. The topological polar surface area (TPSA) is 33.2 Å². The van der Waals surface area contributed by atoms with E-state index in [9.17, 15) is 4.79 Å². The van der Waals surface area contributed by atoms with Crippen molar-refractivity contribution in [2.45, 2.75) is 18.8 Å². The first kappa shape index (κ1) is 13.6. The third kappa shape index (κ3) is 2.86. The quantitative estimate of drug-likeness (QED) is 0.845. The molecule has 3 rings (SSSR count). The number of hydrogen-bond acceptors (Lipinski definition) is 3. The first-order valence-electron chi connectivity index (χ1n) is 6.68. The Kier molecular flexibility index (Phi) is 4.03. The maximum absolute atomic E-state index is 12.3. The summed E-state index contributed by atoms with van der Waals surface area (Å²) < 4.78 is 0.667. The standard InChI is InChI=1S/C15H15ClN2OS/c16-14-2-1-13(20-14)15(19)18-9-5-12(6-10-18)11-3-7-17-8-4-11/h1-4,7-8,12H,5-6,9-10H2.